The van der Waals surface area contributed by atoms with E-state index in [0.29, 0.717) is 23.8 Å². The lowest BCUT2D eigenvalue weighted by Crippen LogP contribution is -2.11. The zero-order chi connectivity index (χ0) is 12.7. The zero-order valence-corrected chi connectivity index (χ0v) is 11.1. The standard InChI is InChI=1S/C15H23FO/c1-4-6-7-13(5-2)11-17-14-9-8-12(3)15(16)10-14/h8-10,13H,4-7,11H2,1-3H3. The molecule has 0 heterocycles. The van der Waals surface area contributed by atoms with Crippen LogP contribution < -0.4 is 4.74 Å². The number of hydrogen-bond donors (Lipinski definition) is 0. The van der Waals surface area contributed by atoms with Gasteiger partial charge in [0.15, 0.2) is 0 Å². The smallest absolute Gasteiger partial charge is 0.129 e. The predicted octanol–water partition coefficient (Wildman–Crippen LogP) is 4.73. The summed E-state index contributed by atoms with van der Waals surface area (Å²) >= 11 is 0. The van der Waals surface area contributed by atoms with Crippen LogP contribution >= 0.6 is 0 Å². The van der Waals surface area contributed by atoms with Gasteiger partial charge in [-0.25, -0.2) is 4.39 Å². The van der Waals surface area contributed by atoms with Crippen LogP contribution in [0.5, 0.6) is 5.75 Å². The number of ether oxygens (including phenoxy) is 1. The van der Waals surface area contributed by atoms with Gasteiger partial charge in [0.1, 0.15) is 11.6 Å². The van der Waals surface area contributed by atoms with Gasteiger partial charge in [0, 0.05) is 6.07 Å². The molecule has 1 atom stereocenters. The van der Waals surface area contributed by atoms with E-state index < -0.39 is 0 Å². The van der Waals surface area contributed by atoms with Gasteiger partial charge in [0.25, 0.3) is 0 Å². The Morgan fingerprint density at radius 3 is 2.65 bits per heavy atom. The second-order valence-corrected chi connectivity index (χ2v) is 4.64. The molecule has 1 rings (SSSR count). The lowest BCUT2D eigenvalue weighted by Gasteiger charge is -2.15. The molecule has 0 aromatic heterocycles. The number of hydrogen-bond acceptors (Lipinski definition) is 1. The second kappa shape index (κ2) is 7.31. The average Bonchev–Trinajstić information content (AvgIpc) is 2.34. The first kappa shape index (κ1) is 14.0. The molecule has 0 aliphatic heterocycles. The van der Waals surface area contributed by atoms with Gasteiger partial charge >= 0.3 is 0 Å². The maximum atomic E-state index is 13.3. The average molecular weight is 238 g/mol. The van der Waals surface area contributed by atoms with E-state index in [-0.39, 0.29) is 5.82 Å². The van der Waals surface area contributed by atoms with E-state index >= 15 is 0 Å². The molecule has 96 valence electrons. The van der Waals surface area contributed by atoms with Crippen LogP contribution in [0.25, 0.3) is 0 Å². The van der Waals surface area contributed by atoms with Gasteiger partial charge in [-0.15, -0.1) is 0 Å². The van der Waals surface area contributed by atoms with Crippen molar-refractivity contribution in [1.82, 2.24) is 0 Å². The quantitative estimate of drug-likeness (QED) is 0.667. The minimum Gasteiger partial charge on any atom is -0.493 e. The van der Waals surface area contributed by atoms with Crippen LogP contribution in [0.2, 0.25) is 0 Å². The molecule has 0 N–H and O–H groups in total. The molecule has 0 aliphatic rings. The van der Waals surface area contributed by atoms with Gasteiger partial charge < -0.3 is 4.74 Å². The van der Waals surface area contributed by atoms with E-state index in [9.17, 15) is 4.39 Å². The number of aryl methyl sites for hydroxylation is 1. The number of halogens is 1. The molecule has 17 heavy (non-hydrogen) atoms. The maximum Gasteiger partial charge on any atom is 0.129 e. The fraction of sp³-hybridized carbons (Fsp3) is 0.600. The van der Waals surface area contributed by atoms with Crippen molar-refractivity contribution in [1.29, 1.82) is 0 Å². The van der Waals surface area contributed by atoms with E-state index in [0.717, 1.165) is 6.42 Å². The molecule has 2 heteroatoms. The van der Waals surface area contributed by atoms with Crippen molar-refractivity contribution in [2.75, 3.05) is 6.61 Å². The molecule has 0 aliphatic carbocycles. The largest absolute Gasteiger partial charge is 0.493 e. The van der Waals surface area contributed by atoms with E-state index in [1.54, 1.807) is 13.0 Å². The van der Waals surface area contributed by atoms with Crippen molar-refractivity contribution in [2.24, 2.45) is 5.92 Å². The summed E-state index contributed by atoms with van der Waals surface area (Å²) in [4.78, 5) is 0. The molecule has 0 amide bonds. The molecular weight excluding hydrogens is 215 g/mol. The first-order valence-corrected chi connectivity index (χ1v) is 6.56. The first-order chi connectivity index (χ1) is 8.17. The SMILES string of the molecule is CCCCC(CC)COc1ccc(C)c(F)c1. The number of unbranched alkanes of at least 4 members (excludes halogenated alkanes) is 1. The summed E-state index contributed by atoms with van der Waals surface area (Å²) in [6, 6.07) is 5.07. The molecule has 0 saturated carbocycles. The Bertz CT molecular complexity index is 336. The summed E-state index contributed by atoms with van der Waals surface area (Å²) in [6.07, 6.45) is 4.77. The first-order valence-electron chi connectivity index (χ1n) is 6.56. The van der Waals surface area contributed by atoms with Crippen molar-refractivity contribution in [3.8, 4) is 5.75 Å². The Balaban J connectivity index is 2.45. The molecule has 0 fully saturated rings. The number of rotatable bonds is 7. The van der Waals surface area contributed by atoms with Crippen LogP contribution in [0.4, 0.5) is 4.39 Å². The molecule has 1 aromatic carbocycles. The van der Waals surface area contributed by atoms with Crippen LogP contribution in [-0.4, -0.2) is 6.61 Å². The Hall–Kier alpha value is -1.05. The van der Waals surface area contributed by atoms with Crippen molar-refractivity contribution >= 4 is 0 Å². The highest BCUT2D eigenvalue weighted by Crippen LogP contribution is 2.19. The van der Waals surface area contributed by atoms with Gasteiger partial charge in [0.05, 0.1) is 6.61 Å². The molecule has 1 unspecified atom stereocenters. The summed E-state index contributed by atoms with van der Waals surface area (Å²) in [6.45, 7) is 6.83. The minimum atomic E-state index is -0.191. The Morgan fingerprint density at radius 2 is 2.06 bits per heavy atom. The highest BCUT2D eigenvalue weighted by Gasteiger charge is 2.07. The summed E-state index contributed by atoms with van der Waals surface area (Å²) in [5, 5.41) is 0. The molecule has 0 spiro atoms. The van der Waals surface area contributed by atoms with Crippen LogP contribution in [0.3, 0.4) is 0 Å². The van der Waals surface area contributed by atoms with Gasteiger partial charge in [0.2, 0.25) is 0 Å². The van der Waals surface area contributed by atoms with E-state index in [1.165, 1.54) is 25.3 Å². The summed E-state index contributed by atoms with van der Waals surface area (Å²) in [5.74, 6) is 1.03. The Labute approximate surface area is 104 Å². The maximum absolute atomic E-state index is 13.3. The molecular formula is C15H23FO. The van der Waals surface area contributed by atoms with Crippen molar-refractivity contribution in [3.05, 3.63) is 29.6 Å². The third-order valence-corrected chi connectivity index (χ3v) is 3.17. The monoisotopic (exact) mass is 238 g/mol. The molecule has 0 saturated heterocycles. The lowest BCUT2D eigenvalue weighted by molar-refractivity contribution is 0.232. The van der Waals surface area contributed by atoms with Crippen LogP contribution in [-0.2, 0) is 0 Å². The predicted molar refractivity (Wildman–Crippen MR) is 69.9 cm³/mol. The van der Waals surface area contributed by atoms with Crippen molar-refractivity contribution in [2.45, 2.75) is 46.5 Å². The summed E-state index contributed by atoms with van der Waals surface area (Å²) < 4.78 is 19.0. The summed E-state index contributed by atoms with van der Waals surface area (Å²) in [5.41, 5.74) is 0.662. The molecule has 0 bridgehead atoms. The molecule has 0 radical (unpaired) electrons. The third kappa shape index (κ3) is 4.76. The fourth-order valence-electron chi connectivity index (χ4n) is 1.78. The highest BCUT2D eigenvalue weighted by atomic mass is 19.1. The highest BCUT2D eigenvalue weighted by molar-refractivity contribution is 5.27. The van der Waals surface area contributed by atoms with Crippen LogP contribution in [0, 0.1) is 18.7 Å². The molecule has 1 nitrogen and oxygen atoms in total. The van der Waals surface area contributed by atoms with Crippen LogP contribution in [0.15, 0.2) is 18.2 Å². The molecule has 1 aromatic rings. The normalized spacial score (nSPS) is 12.5. The third-order valence-electron chi connectivity index (χ3n) is 3.17. The van der Waals surface area contributed by atoms with Gasteiger partial charge in [-0.2, -0.15) is 0 Å². The number of benzene rings is 1. The Morgan fingerprint density at radius 1 is 1.29 bits per heavy atom. The van der Waals surface area contributed by atoms with Crippen LogP contribution in [0.1, 0.15) is 45.1 Å². The van der Waals surface area contributed by atoms with E-state index in [1.807, 2.05) is 6.07 Å². The second-order valence-electron chi connectivity index (χ2n) is 4.64. The van der Waals surface area contributed by atoms with Crippen molar-refractivity contribution in [3.63, 3.8) is 0 Å². The zero-order valence-electron chi connectivity index (χ0n) is 11.1. The lowest BCUT2D eigenvalue weighted by atomic mass is 10.0. The van der Waals surface area contributed by atoms with Gasteiger partial charge in [-0.3, -0.25) is 0 Å². The minimum absolute atomic E-state index is 0.191. The van der Waals surface area contributed by atoms with Crippen molar-refractivity contribution < 1.29 is 9.13 Å². The fourth-order valence-corrected chi connectivity index (χ4v) is 1.78. The summed E-state index contributed by atoms with van der Waals surface area (Å²) in [7, 11) is 0. The van der Waals surface area contributed by atoms with E-state index in [4.69, 9.17) is 4.74 Å². The van der Waals surface area contributed by atoms with Gasteiger partial charge in [-0.05, 0) is 30.9 Å². The Kier molecular flexibility index (Phi) is 6.03. The van der Waals surface area contributed by atoms with E-state index in [2.05, 4.69) is 13.8 Å². The topological polar surface area (TPSA) is 9.23 Å². The van der Waals surface area contributed by atoms with Gasteiger partial charge in [-0.1, -0.05) is 39.2 Å².